The molecule has 1 saturated heterocycles. The lowest BCUT2D eigenvalue weighted by molar-refractivity contribution is -0.133. The molecule has 1 amide bonds. The molecule has 1 N–H and O–H groups in total. The lowest BCUT2D eigenvalue weighted by Gasteiger charge is -2.26. The highest BCUT2D eigenvalue weighted by atomic mass is 16.2. The van der Waals surface area contributed by atoms with E-state index in [1.807, 2.05) is 4.90 Å². The van der Waals surface area contributed by atoms with Gasteiger partial charge in [-0.15, -0.1) is 0 Å². The summed E-state index contributed by atoms with van der Waals surface area (Å²) in [5.41, 5.74) is 4.06. The van der Waals surface area contributed by atoms with Crippen molar-refractivity contribution in [3.8, 4) is 0 Å². The molecule has 0 aliphatic carbocycles. The van der Waals surface area contributed by atoms with E-state index in [1.54, 1.807) is 0 Å². The summed E-state index contributed by atoms with van der Waals surface area (Å²) in [6, 6.07) is 6.60. The molecular formula is C14H18N2O. The second kappa shape index (κ2) is 4.49. The first kappa shape index (κ1) is 10.8. The number of amides is 1. The number of piperidine rings is 1. The third-order valence-corrected chi connectivity index (χ3v) is 3.70. The molecule has 2 aliphatic rings. The lowest BCUT2D eigenvalue weighted by atomic mass is 10.0. The van der Waals surface area contributed by atoms with Gasteiger partial charge in [0.15, 0.2) is 0 Å². The van der Waals surface area contributed by atoms with Gasteiger partial charge in [-0.1, -0.05) is 18.2 Å². The van der Waals surface area contributed by atoms with Gasteiger partial charge in [0.2, 0.25) is 5.91 Å². The number of nitrogens with one attached hydrogen (secondary N) is 1. The minimum atomic E-state index is 0.315. The standard InChI is InChI=1S/C14H18N2O/c17-14-3-1-2-6-16(14)10-11-4-5-12-8-15-9-13(12)7-11/h4-5,7,15H,1-3,6,8-10H2. The molecule has 0 spiro atoms. The topological polar surface area (TPSA) is 32.3 Å². The number of likely N-dealkylation sites (tertiary alicyclic amines) is 1. The van der Waals surface area contributed by atoms with Crippen molar-refractivity contribution in [3.05, 3.63) is 34.9 Å². The predicted molar refractivity (Wildman–Crippen MR) is 66.3 cm³/mol. The second-order valence-corrected chi connectivity index (χ2v) is 4.98. The molecule has 2 heterocycles. The van der Waals surface area contributed by atoms with Crippen LogP contribution in [0.2, 0.25) is 0 Å². The zero-order chi connectivity index (χ0) is 11.7. The fourth-order valence-corrected chi connectivity index (χ4v) is 2.70. The number of hydrogen-bond donors (Lipinski definition) is 1. The monoisotopic (exact) mass is 230 g/mol. The molecule has 0 radical (unpaired) electrons. The van der Waals surface area contributed by atoms with Gasteiger partial charge in [0.1, 0.15) is 0 Å². The van der Waals surface area contributed by atoms with Gasteiger partial charge in [-0.3, -0.25) is 4.79 Å². The van der Waals surface area contributed by atoms with E-state index in [4.69, 9.17) is 0 Å². The van der Waals surface area contributed by atoms with Crippen molar-refractivity contribution in [1.29, 1.82) is 0 Å². The van der Waals surface area contributed by atoms with E-state index >= 15 is 0 Å². The Morgan fingerprint density at radius 2 is 2.06 bits per heavy atom. The fourth-order valence-electron chi connectivity index (χ4n) is 2.70. The maximum Gasteiger partial charge on any atom is 0.222 e. The smallest absolute Gasteiger partial charge is 0.222 e. The van der Waals surface area contributed by atoms with Crippen LogP contribution in [0.3, 0.4) is 0 Å². The van der Waals surface area contributed by atoms with Gasteiger partial charge in [-0.05, 0) is 29.5 Å². The Hall–Kier alpha value is -1.35. The molecule has 3 nitrogen and oxygen atoms in total. The average Bonchev–Trinajstić information content (AvgIpc) is 2.79. The van der Waals surface area contributed by atoms with Gasteiger partial charge in [-0.25, -0.2) is 0 Å². The number of carbonyl (C=O) groups is 1. The van der Waals surface area contributed by atoms with Crippen LogP contribution in [0.5, 0.6) is 0 Å². The third-order valence-electron chi connectivity index (χ3n) is 3.70. The highest BCUT2D eigenvalue weighted by molar-refractivity contribution is 5.76. The van der Waals surface area contributed by atoms with Crippen LogP contribution in [0.15, 0.2) is 18.2 Å². The molecule has 1 fully saturated rings. The minimum Gasteiger partial charge on any atom is -0.338 e. The van der Waals surface area contributed by atoms with Crippen LogP contribution in [-0.4, -0.2) is 17.4 Å². The van der Waals surface area contributed by atoms with Gasteiger partial charge in [0.25, 0.3) is 0 Å². The first-order valence-corrected chi connectivity index (χ1v) is 6.42. The van der Waals surface area contributed by atoms with Crippen LogP contribution < -0.4 is 5.32 Å². The molecule has 17 heavy (non-hydrogen) atoms. The Morgan fingerprint density at radius 1 is 1.18 bits per heavy atom. The number of nitrogens with zero attached hydrogens (tertiary/aromatic N) is 1. The molecule has 0 atom stereocenters. The number of rotatable bonds is 2. The summed E-state index contributed by atoms with van der Waals surface area (Å²) < 4.78 is 0. The largest absolute Gasteiger partial charge is 0.338 e. The van der Waals surface area contributed by atoms with E-state index in [-0.39, 0.29) is 0 Å². The number of carbonyl (C=O) groups excluding carboxylic acids is 1. The maximum atomic E-state index is 11.7. The van der Waals surface area contributed by atoms with Crippen molar-refractivity contribution < 1.29 is 4.79 Å². The van der Waals surface area contributed by atoms with Gasteiger partial charge >= 0.3 is 0 Å². The number of benzene rings is 1. The SMILES string of the molecule is O=C1CCCCN1Cc1ccc2c(c1)CNC2. The highest BCUT2D eigenvalue weighted by Gasteiger charge is 2.18. The zero-order valence-electron chi connectivity index (χ0n) is 10.0. The van der Waals surface area contributed by atoms with Gasteiger partial charge in [-0.2, -0.15) is 0 Å². The molecule has 1 aromatic rings. The quantitative estimate of drug-likeness (QED) is 0.840. The summed E-state index contributed by atoms with van der Waals surface area (Å²) in [5, 5.41) is 3.35. The van der Waals surface area contributed by atoms with Crippen LogP contribution >= 0.6 is 0 Å². The van der Waals surface area contributed by atoms with Gasteiger partial charge < -0.3 is 10.2 Å². The van der Waals surface area contributed by atoms with Crippen LogP contribution in [-0.2, 0) is 24.4 Å². The van der Waals surface area contributed by atoms with Crippen molar-refractivity contribution in [1.82, 2.24) is 10.2 Å². The van der Waals surface area contributed by atoms with Crippen molar-refractivity contribution in [2.24, 2.45) is 0 Å². The number of fused-ring (bicyclic) bond motifs is 1. The van der Waals surface area contributed by atoms with Crippen LogP contribution in [0.25, 0.3) is 0 Å². The molecule has 0 saturated carbocycles. The second-order valence-electron chi connectivity index (χ2n) is 4.98. The van der Waals surface area contributed by atoms with E-state index in [2.05, 4.69) is 23.5 Å². The average molecular weight is 230 g/mol. The van der Waals surface area contributed by atoms with Crippen molar-refractivity contribution in [3.63, 3.8) is 0 Å². The Balaban J connectivity index is 1.74. The zero-order valence-corrected chi connectivity index (χ0v) is 10.0. The van der Waals surface area contributed by atoms with E-state index in [9.17, 15) is 4.79 Å². The van der Waals surface area contributed by atoms with Gasteiger partial charge in [0.05, 0.1) is 0 Å². The summed E-state index contributed by atoms with van der Waals surface area (Å²) in [6.07, 6.45) is 2.94. The van der Waals surface area contributed by atoms with Crippen LogP contribution in [0, 0.1) is 0 Å². The van der Waals surface area contributed by atoms with E-state index in [0.717, 1.165) is 45.4 Å². The van der Waals surface area contributed by atoms with E-state index in [1.165, 1.54) is 16.7 Å². The normalized spacial score (nSPS) is 19.5. The van der Waals surface area contributed by atoms with Gasteiger partial charge in [0, 0.05) is 32.6 Å². The van der Waals surface area contributed by atoms with Crippen LogP contribution in [0.1, 0.15) is 36.0 Å². The molecule has 2 aliphatic heterocycles. The Morgan fingerprint density at radius 3 is 2.94 bits per heavy atom. The predicted octanol–water partition coefficient (Wildman–Crippen LogP) is 1.80. The molecule has 3 heteroatoms. The first-order valence-electron chi connectivity index (χ1n) is 6.42. The van der Waals surface area contributed by atoms with Crippen LogP contribution in [0.4, 0.5) is 0 Å². The van der Waals surface area contributed by atoms with E-state index < -0.39 is 0 Å². The fraction of sp³-hybridized carbons (Fsp3) is 0.500. The molecule has 90 valence electrons. The van der Waals surface area contributed by atoms with Crippen molar-refractivity contribution >= 4 is 5.91 Å². The van der Waals surface area contributed by atoms with E-state index in [0.29, 0.717) is 5.91 Å². The summed E-state index contributed by atoms with van der Waals surface area (Å²) in [4.78, 5) is 13.7. The molecule has 0 unspecified atom stereocenters. The molecule has 0 bridgehead atoms. The molecule has 3 rings (SSSR count). The minimum absolute atomic E-state index is 0.315. The molecular weight excluding hydrogens is 212 g/mol. The summed E-state index contributed by atoms with van der Waals surface area (Å²) >= 11 is 0. The number of hydrogen-bond acceptors (Lipinski definition) is 2. The summed E-state index contributed by atoms with van der Waals surface area (Å²) in [5.74, 6) is 0.315. The van der Waals surface area contributed by atoms with Crippen molar-refractivity contribution in [2.45, 2.75) is 38.9 Å². The molecule has 0 aromatic heterocycles. The molecule has 1 aromatic carbocycles. The summed E-state index contributed by atoms with van der Waals surface area (Å²) in [6.45, 7) is 3.66. The summed E-state index contributed by atoms with van der Waals surface area (Å²) in [7, 11) is 0. The Bertz CT molecular complexity index is 442. The third kappa shape index (κ3) is 2.20. The van der Waals surface area contributed by atoms with Crippen molar-refractivity contribution in [2.75, 3.05) is 6.54 Å². The highest BCUT2D eigenvalue weighted by Crippen LogP contribution is 2.20. The Kier molecular flexibility index (Phi) is 2.85. The maximum absolute atomic E-state index is 11.7. The Labute approximate surface area is 102 Å². The first-order chi connectivity index (χ1) is 8.33. The lowest BCUT2D eigenvalue weighted by Crippen LogP contribution is -2.34.